The zero-order chi connectivity index (χ0) is 14.3. The zero-order valence-corrected chi connectivity index (χ0v) is 12.0. The second kappa shape index (κ2) is 7.69. The van der Waals surface area contributed by atoms with E-state index < -0.39 is 20.4 Å². The quantitative estimate of drug-likeness (QED) is 0.571. The maximum Gasteiger partial charge on any atom is 0.495 e. The van der Waals surface area contributed by atoms with Crippen molar-refractivity contribution in [1.82, 2.24) is 0 Å². The molecule has 1 aromatic rings. The van der Waals surface area contributed by atoms with E-state index in [9.17, 15) is 18.4 Å². The van der Waals surface area contributed by atoms with Crippen LogP contribution >= 0.6 is 0 Å². The van der Waals surface area contributed by atoms with Gasteiger partial charge in [0.2, 0.25) is 0 Å². The second-order valence-corrected chi connectivity index (χ2v) is 7.03. The predicted octanol–water partition coefficient (Wildman–Crippen LogP) is 2.64. The van der Waals surface area contributed by atoms with Gasteiger partial charge >= 0.3 is 8.80 Å². The minimum atomic E-state index is -3.42. The standard InChI is InChI=1S/C13H20F2O3Si/c1-18-19(16,17)7-5-3-2-4-6-11-8-12(14)10-13(15)9-11/h8-10,16-17H,2-7H2,1H3. The Kier molecular flexibility index (Phi) is 6.57. The van der Waals surface area contributed by atoms with Crippen LogP contribution < -0.4 is 0 Å². The summed E-state index contributed by atoms with van der Waals surface area (Å²) in [6.45, 7) is 0. The molecule has 0 spiro atoms. The Morgan fingerprint density at radius 3 is 2.16 bits per heavy atom. The SMILES string of the molecule is CO[Si](O)(O)CCCCCCc1cc(F)cc(F)c1. The van der Waals surface area contributed by atoms with Gasteiger partial charge in [-0.15, -0.1) is 0 Å². The van der Waals surface area contributed by atoms with Crippen molar-refractivity contribution in [2.75, 3.05) is 7.11 Å². The third-order valence-corrected chi connectivity index (χ3v) is 4.63. The molecule has 0 fully saturated rings. The number of unbranched alkanes of at least 4 members (excludes halogenated alkanes) is 3. The van der Waals surface area contributed by atoms with E-state index in [0.29, 0.717) is 18.4 Å². The minimum absolute atomic E-state index is 0.290. The molecular weight excluding hydrogens is 270 g/mol. The molecule has 0 aliphatic heterocycles. The molecule has 1 rings (SSSR count). The molecule has 0 amide bonds. The van der Waals surface area contributed by atoms with Crippen LogP contribution in [-0.4, -0.2) is 25.5 Å². The fourth-order valence-corrected chi connectivity index (χ4v) is 2.81. The van der Waals surface area contributed by atoms with Gasteiger partial charge in [0.05, 0.1) is 0 Å². The average molecular weight is 290 g/mol. The molecule has 108 valence electrons. The van der Waals surface area contributed by atoms with Crippen LogP contribution in [0.15, 0.2) is 18.2 Å². The lowest BCUT2D eigenvalue weighted by atomic mass is 10.1. The number of hydrogen-bond acceptors (Lipinski definition) is 3. The van der Waals surface area contributed by atoms with Gasteiger partial charge in [-0.3, -0.25) is 0 Å². The second-order valence-electron chi connectivity index (χ2n) is 4.64. The lowest BCUT2D eigenvalue weighted by Gasteiger charge is -2.13. The van der Waals surface area contributed by atoms with Gasteiger partial charge in [0.25, 0.3) is 0 Å². The largest absolute Gasteiger partial charge is 0.495 e. The monoisotopic (exact) mass is 290 g/mol. The van der Waals surface area contributed by atoms with Gasteiger partial charge in [-0.1, -0.05) is 12.8 Å². The van der Waals surface area contributed by atoms with Crippen molar-refractivity contribution >= 4 is 8.80 Å². The molecule has 0 aliphatic carbocycles. The zero-order valence-electron chi connectivity index (χ0n) is 11.0. The number of aryl methyl sites for hydroxylation is 1. The highest BCUT2D eigenvalue weighted by molar-refractivity contribution is 6.57. The third kappa shape index (κ3) is 6.77. The molecular formula is C13H20F2O3Si. The summed E-state index contributed by atoms with van der Waals surface area (Å²) in [5, 5.41) is 0. The summed E-state index contributed by atoms with van der Waals surface area (Å²) < 4.78 is 30.5. The van der Waals surface area contributed by atoms with Crippen molar-refractivity contribution in [3.05, 3.63) is 35.4 Å². The van der Waals surface area contributed by atoms with E-state index in [0.717, 1.165) is 25.3 Å². The molecule has 6 heteroatoms. The third-order valence-electron chi connectivity index (χ3n) is 2.97. The van der Waals surface area contributed by atoms with Crippen molar-refractivity contribution in [3.63, 3.8) is 0 Å². The van der Waals surface area contributed by atoms with E-state index in [1.807, 2.05) is 0 Å². The number of benzene rings is 1. The van der Waals surface area contributed by atoms with E-state index in [1.54, 1.807) is 0 Å². The molecule has 3 nitrogen and oxygen atoms in total. The molecule has 0 saturated carbocycles. The highest BCUT2D eigenvalue weighted by Crippen LogP contribution is 2.14. The molecule has 2 N–H and O–H groups in total. The first-order valence-electron chi connectivity index (χ1n) is 6.38. The molecule has 1 aromatic carbocycles. The van der Waals surface area contributed by atoms with Crippen LogP contribution in [0.4, 0.5) is 8.78 Å². The molecule has 0 radical (unpaired) electrons. The van der Waals surface area contributed by atoms with Crippen LogP contribution in [0.2, 0.25) is 6.04 Å². The maximum absolute atomic E-state index is 12.9. The Hall–Kier alpha value is -0.823. The molecule has 0 atom stereocenters. The molecule has 0 aromatic heterocycles. The summed E-state index contributed by atoms with van der Waals surface area (Å²) >= 11 is 0. The number of rotatable bonds is 8. The number of halogens is 2. The maximum atomic E-state index is 12.9. The van der Waals surface area contributed by atoms with Crippen molar-refractivity contribution < 1.29 is 22.8 Å². The Labute approximate surface area is 113 Å². The Morgan fingerprint density at radius 1 is 1.00 bits per heavy atom. The summed E-state index contributed by atoms with van der Waals surface area (Å²) in [5.41, 5.74) is 0.655. The van der Waals surface area contributed by atoms with E-state index >= 15 is 0 Å². The van der Waals surface area contributed by atoms with Gasteiger partial charge in [0.1, 0.15) is 11.6 Å². The van der Waals surface area contributed by atoms with Crippen molar-refractivity contribution in [1.29, 1.82) is 0 Å². The van der Waals surface area contributed by atoms with Gasteiger partial charge in [-0.2, -0.15) is 0 Å². The van der Waals surface area contributed by atoms with E-state index in [4.69, 9.17) is 0 Å². The van der Waals surface area contributed by atoms with Gasteiger partial charge in [-0.25, -0.2) is 8.78 Å². The highest BCUT2D eigenvalue weighted by Gasteiger charge is 2.29. The fraction of sp³-hybridized carbons (Fsp3) is 0.538. The highest BCUT2D eigenvalue weighted by atomic mass is 28.4. The Balaban J connectivity index is 2.17. The van der Waals surface area contributed by atoms with Crippen molar-refractivity contribution in [2.45, 2.75) is 38.1 Å². The molecule has 19 heavy (non-hydrogen) atoms. The van der Waals surface area contributed by atoms with Crippen molar-refractivity contribution in [3.8, 4) is 0 Å². The first-order valence-corrected chi connectivity index (χ1v) is 8.39. The minimum Gasteiger partial charge on any atom is -0.390 e. The van der Waals surface area contributed by atoms with Gasteiger partial charge in [0.15, 0.2) is 0 Å². The lowest BCUT2D eigenvalue weighted by Crippen LogP contribution is -2.37. The summed E-state index contributed by atoms with van der Waals surface area (Å²) in [4.78, 5) is 18.6. The summed E-state index contributed by atoms with van der Waals surface area (Å²) in [6.07, 6.45) is 3.86. The van der Waals surface area contributed by atoms with E-state index in [2.05, 4.69) is 4.43 Å². The van der Waals surface area contributed by atoms with Gasteiger partial charge < -0.3 is 14.0 Å². The van der Waals surface area contributed by atoms with Crippen molar-refractivity contribution in [2.24, 2.45) is 0 Å². The Morgan fingerprint density at radius 2 is 1.58 bits per heavy atom. The average Bonchev–Trinajstić information content (AvgIpc) is 2.32. The van der Waals surface area contributed by atoms with Crippen LogP contribution in [0.1, 0.15) is 31.2 Å². The topological polar surface area (TPSA) is 49.7 Å². The predicted molar refractivity (Wildman–Crippen MR) is 70.5 cm³/mol. The molecule has 0 aliphatic rings. The van der Waals surface area contributed by atoms with Crippen LogP contribution in [-0.2, 0) is 10.8 Å². The van der Waals surface area contributed by atoms with Gasteiger partial charge in [0, 0.05) is 19.2 Å². The molecule has 0 heterocycles. The van der Waals surface area contributed by atoms with Crippen LogP contribution in [0.25, 0.3) is 0 Å². The number of hydrogen-bond donors (Lipinski definition) is 2. The summed E-state index contributed by atoms with van der Waals surface area (Å²) in [6, 6.07) is 3.83. The first kappa shape index (κ1) is 16.2. The molecule has 0 bridgehead atoms. The first-order chi connectivity index (χ1) is 8.93. The Bertz CT molecular complexity index is 379. The molecule has 0 saturated heterocycles. The summed E-state index contributed by atoms with van der Waals surface area (Å²) in [5.74, 6) is -1.10. The van der Waals surface area contributed by atoms with E-state index in [-0.39, 0.29) is 6.04 Å². The van der Waals surface area contributed by atoms with Crippen LogP contribution in [0.3, 0.4) is 0 Å². The fourth-order valence-electron chi connectivity index (χ4n) is 1.90. The van der Waals surface area contributed by atoms with Crippen LogP contribution in [0.5, 0.6) is 0 Å². The smallest absolute Gasteiger partial charge is 0.390 e. The van der Waals surface area contributed by atoms with Crippen LogP contribution in [0, 0.1) is 11.6 Å². The molecule has 0 unspecified atom stereocenters. The van der Waals surface area contributed by atoms with E-state index in [1.165, 1.54) is 19.2 Å². The normalized spacial score (nSPS) is 11.8. The summed E-state index contributed by atoms with van der Waals surface area (Å²) in [7, 11) is -2.12. The lowest BCUT2D eigenvalue weighted by molar-refractivity contribution is 0.183. The van der Waals surface area contributed by atoms with Gasteiger partial charge in [-0.05, 0) is 37.0 Å².